The Hall–Kier alpha value is -0.770. The highest BCUT2D eigenvalue weighted by Gasteiger charge is 2.29. The first kappa shape index (κ1) is 9.32. The molecule has 2 amide bonds. The molecule has 1 atom stereocenters. The van der Waals surface area contributed by atoms with E-state index in [0.717, 1.165) is 12.8 Å². The van der Waals surface area contributed by atoms with Crippen molar-refractivity contribution >= 4 is 6.03 Å². The van der Waals surface area contributed by atoms with Crippen molar-refractivity contribution in [1.82, 2.24) is 10.6 Å². The monoisotopic (exact) mass is 172 g/mol. The summed E-state index contributed by atoms with van der Waals surface area (Å²) in [5, 5.41) is 14.6. The molecule has 0 heterocycles. The minimum atomic E-state index is -0.354. The summed E-state index contributed by atoms with van der Waals surface area (Å²) in [7, 11) is 0. The molecule has 0 aromatic carbocycles. The summed E-state index contributed by atoms with van der Waals surface area (Å²) < 4.78 is 0. The molecule has 12 heavy (non-hydrogen) atoms. The zero-order valence-corrected chi connectivity index (χ0v) is 7.34. The Labute approximate surface area is 72.3 Å². The lowest BCUT2D eigenvalue weighted by Gasteiger charge is -2.10. The molecule has 0 aromatic rings. The topological polar surface area (TPSA) is 61.4 Å². The third kappa shape index (κ3) is 3.09. The molecular weight excluding hydrogens is 156 g/mol. The maximum Gasteiger partial charge on any atom is 0.314 e. The lowest BCUT2D eigenvalue weighted by Crippen LogP contribution is -2.40. The Kier molecular flexibility index (Phi) is 3.34. The van der Waals surface area contributed by atoms with Gasteiger partial charge in [-0.15, -0.1) is 0 Å². The van der Waals surface area contributed by atoms with Crippen LogP contribution in [0.15, 0.2) is 0 Å². The molecule has 0 spiro atoms. The van der Waals surface area contributed by atoms with Crippen molar-refractivity contribution in [3.05, 3.63) is 0 Å². The lowest BCUT2D eigenvalue weighted by molar-refractivity contribution is 0.149. The molecule has 1 aliphatic rings. The molecule has 4 heteroatoms. The van der Waals surface area contributed by atoms with Gasteiger partial charge >= 0.3 is 6.03 Å². The van der Waals surface area contributed by atoms with Gasteiger partial charge in [0.1, 0.15) is 0 Å². The van der Waals surface area contributed by atoms with Gasteiger partial charge in [-0.05, 0) is 25.7 Å². The van der Waals surface area contributed by atoms with Crippen LogP contribution in [0.25, 0.3) is 0 Å². The second-order valence-corrected chi connectivity index (χ2v) is 3.15. The van der Waals surface area contributed by atoms with Crippen molar-refractivity contribution in [3.8, 4) is 0 Å². The minimum Gasteiger partial charge on any atom is -0.391 e. The molecule has 70 valence electrons. The Morgan fingerprint density at radius 3 is 2.75 bits per heavy atom. The van der Waals surface area contributed by atoms with Crippen LogP contribution in [0.4, 0.5) is 4.79 Å². The van der Waals surface area contributed by atoms with Crippen LogP contribution < -0.4 is 10.6 Å². The van der Waals surface area contributed by atoms with Crippen molar-refractivity contribution in [2.75, 3.05) is 13.1 Å². The van der Waals surface area contributed by atoms with Gasteiger partial charge in [-0.1, -0.05) is 0 Å². The Balaban J connectivity index is 2.03. The third-order valence-electron chi connectivity index (χ3n) is 1.98. The predicted octanol–water partition coefficient (Wildman–Crippen LogP) is 0.0764. The van der Waals surface area contributed by atoms with E-state index in [-0.39, 0.29) is 12.1 Å². The van der Waals surface area contributed by atoms with Crippen LogP contribution >= 0.6 is 0 Å². The predicted molar refractivity (Wildman–Crippen MR) is 45.8 cm³/mol. The number of hydrogen-bond acceptors (Lipinski definition) is 2. The van der Waals surface area contributed by atoms with Crippen LogP contribution in [0.2, 0.25) is 0 Å². The minimum absolute atomic E-state index is 0.197. The summed E-state index contributed by atoms with van der Waals surface area (Å²) >= 11 is 0. The largest absolute Gasteiger partial charge is 0.391 e. The number of amides is 2. The molecule has 1 saturated carbocycles. The van der Waals surface area contributed by atoms with Gasteiger partial charge < -0.3 is 15.7 Å². The van der Waals surface area contributed by atoms with E-state index in [9.17, 15) is 9.90 Å². The fourth-order valence-corrected chi connectivity index (χ4v) is 1.07. The van der Waals surface area contributed by atoms with Crippen LogP contribution in [0.3, 0.4) is 0 Å². The molecule has 0 aliphatic heterocycles. The molecule has 4 nitrogen and oxygen atoms in total. The van der Waals surface area contributed by atoms with E-state index in [1.807, 2.05) is 6.92 Å². The molecule has 0 saturated heterocycles. The molecular formula is C8H16N2O2. The number of aliphatic hydroxyl groups is 1. The molecule has 1 fully saturated rings. The number of nitrogens with one attached hydrogen (secondary N) is 2. The first-order valence-electron chi connectivity index (χ1n) is 4.43. The van der Waals surface area contributed by atoms with Gasteiger partial charge in [-0.3, -0.25) is 0 Å². The number of rotatable bonds is 4. The summed E-state index contributed by atoms with van der Waals surface area (Å²) in [5.41, 5.74) is 0. The van der Waals surface area contributed by atoms with Gasteiger partial charge in [0.2, 0.25) is 0 Å². The Morgan fingerprint density at radius 2 is 2.25 bits per heavy atom. The van der Waals surface area contributed by atoms with Crippen LogP contribution in [0.1, 0.15) is 19.8 Å². The summed E-state index contributed by atoms with van der Waals surface area (Å²) in [6.07, 6.45) is 1.84. The van der Waals surface area contributed by atoms with Crippen molar-refractivity contribution in [2.24, 2.45) is 5.92 Å². The van der Waals surface area contributed by atoms with Gasteiger partial charge in [0.05, 0.1) is 6.10 Å². The molecule has 1 unspecified atom stereocenters. The molecule has 0 aromatic heterocycles. The maximum absolute atomic E-state index is 10.9. The van der Waals surface area contributed by atoms with Crippen LogP contribution in [-0.4, -0.2) is 30.3 Å². The molecule has 1 aliphatic carbocycles. The maximum atomic E-state index is 10.9. The van der Waals surface area contributed by atoms with Crippen LogP contribution in [0, 0.1) is 5.92 Å². The van der Waals surface area contributed by atoms with Gasteiger partial charge in [-0.25, -0.2) is 4.79 Å². The Bertz CT molecular complexity index is 157. The average Bonchev–Trinajstić information content (AvgIpc) is 2.83. The van der Waals surface area contributed by atoms with E-state index < -0.39 is 0 Å². The number of carbonyl (C=O) groups is 1. The smallest absolute Gasteiger partial charge is 0.314 e. The average molecular weight is 172 g/mol. The highest BCUT2D eigenvalue weighted by atomic mass is 16.3. The SMILES string of the molecule is CCNC(=O)NCC(O)C1CC1. The van der Waals surface area contributed by atoms with Gasteiger partial charge in [0.25, 0.3) is 0 Å². The fourth-order valence-electron chi connectivity index (χ4n) is 1.07. The van der Waals surface area contributed by atoms with E-state index in [4.69, 9.17) is 0 Å². The number of urea groups is 1. The standard InChI is InChI=1S/C8H16N2O2/c1-2-9-8(12)10-5-7(11)6-3-4-6/h6-7,11H,2-5H2,1H3,(H2,9,10,12). The number of hydrogen-bond donors (Lipinski definition) is 3. The lowest BCUT2D eigenvalue weighted by atomic mass is 10.2. The molecule has 0 radical (unpaired) electrons. The van der Waals surface area contributed by atoms with E-state index >= 15 is 0 Å². The van der Waals surface area contributed by atoms with Gasteiger partial charge in [0, 0.05) is 13.1 Å². The zero-order valence-electron chi connectivity index (χ0n) is 7.34. The van der Waals surface area contributed by atoms with E-state index in [1.54, 1.807) is 0 Å². The van der Waals surface area contributed by atoms with Crippen LogP contribution in [-0.2, 0) is 0 Å². The van der Waals surface area contributed by atoms with Crippen molar-refractivity contribution in [2.45, 2.75) is 25.9 Å². The highest BCUT2D eigenvalue weighted by Crippen LogP contribution is 2.32. The van der Waals surface area contributed by atoms with Crippen molar-refractivity contribution < 1.29 is 9.90 Å². The molecule has 1 rings (SSSR count). The van der Waals surface area contributed by atoms with E-state index in [2.05, 4.69) is 10.6 Å². The second-order valence-electron chi connectivity index (χ2n) is 3.15. The fraction of sp³-hybridized carbons (Fsp3) is 0.875. The van der Waals surface area contributed by atoms with E-state index in [0.29, 0.717) is 19.0 Å². The first-order valence-corrected chi connectivity index (χ1v) is 4.43. The van der Waals surface area contributed by atoms with Crippen molar-refractivity contribution in [1.29, 1.82) is 0 Å². The van der Waals surface area contributed by atoms with Crippen molar-refractivity contribution in [3.63, 3.8) is 0 Å². The van der Waals surface area contributed by atoms with Gasteiger partial charge in [0.15, 0.2) is 0 Å². The summed E-state index contributed by atoms with van der Waals surface area (Å²) in [6.45, 7) is 2.85. The highest BCUT2D eigenvalue weighted by molar-refractivity contribution is 5.73. The summed E-state index contributed by atoms with van der Waals surface area (Å²) in [4.78, 5) is 10.9. The second kappa shape index (κ2) is 4.30. The Morgan fingerprint density at radius 1 is 1.58 bits per heavy atom. The number of aliphatic hydroxyl groups excluding tert-OH is 1. The normalized spacial score (nSPS) is 18.5. The molecule has 0 bridgehead atoms. The zero-order chi connectivity index (χ0) is 8.97. The summed E-state index contributed by atoms with van der Waals surface area (Å²) in [6, 6.07) is -0.197. The van der Waals surface area contributed by atoms with E-state index in [1.165, 1.54) is 0 Å². The quantitative estimate of drug-likeness (QED) is 0.562. The van der Waals surface area contributed by atoms with Crippen LogP contribution in [0.5, 0.6) is 0 Å². The van der Waals surface area contributed by atoms with Gasteiger partial charge in [-0.2, -0.15) is 0 Å². The number of carbonyl (C=O) groups excluding carboxylic acids is 1. The third-order valence-corrected chi connectivity index (χ3v) is 1.98. The summed E-state index contributed by atoms with van der Waals surface area (Å²) in [5.74, 6) is 0.423. The first-order chi connectivity index (χ1) is 5.74. The molecule has 3 N–H and O–H groups in total.